The molecule has 0 bridgehead atoms. The Labute approximate surface area is 106 Å². The van der Waals surface area contributed by atoms with Crippen LogP contribution in [0.2, 0.25) is 0 Å². The smallest absolute Gasteiger partial charge is 0.138 e. The van der Waals surface area contributed by atoms with Crippen molar-refractivity contribution in [3.05, 3.63) is 36.4 Å². The molecule has 96 valence electrons. The van der Waals surface area contributed by atoms with E-state index in [1.807, 2.05) is 11.7 Å². The van der Waals surface area contributed by atoms with Gasteiger partial charge in [0.05, 0.1) is 11.7 Å². The molecule has 0 fully saturated rings. The van der Waals surface area contributed by atoms with Crippen molar-refractivity contribution in [3.8, 4) is 0 Å². The van der Waals surface area contributed by atoms with Gasteiger partial charge in [-0.2, -0.15) is 5.10 Å². The second kappa shape index (κ2) is 6.20. The van der Waals surface area contributed by atoms with Gasteiger partial charge in [-0.05, 0) is 13.5 Å². The average Bonchev–Trinajstić information content (AvgIpc) is 2.85. The summed E-state index contributed by atoms with van der Waals surface area (Å²) in [6, 6.07) is 0.110. The number of nitrogens with one attached hydrogen (secondary N) is 1. The Morgan fingerprint density at radius 2 is 2.22 bits per heavy atom. The van der Waals surface area contributed by atoms with E-state index in [9.17, 15) is 0 Å². The van der Waals surface area contributed by atoms with Crippen LogP contribution >= 0.6 is 0 Å². The lowest BCUT2D eigenvalue weighted by Gasteiger charge is -2.15. The molecule has 2 aromatic heterocycles. The van der Waals surface area contributed by atoms with E-state index in [4.69, 9.17) is 0 Å². The number of hydrogen-bond acceptors (Lipinski definition) is 5. The molecule has 6 nitrogen and oxygen atoms in total. The minimum absolute atomic E-state index is 0.110. The van der Waals surface area contributed by atoms with E-state index in [1.54, 1.807) is 24.9 Å². The Hall–Kier alpha value is -1.82. The molecule has 0 aliphatic rings. The fourth-order valence-electron chi connectivity index (χ4n) is 1.87. The summed E-state index contributed by atoms with van der Waals surface area (Å²) in [5, 5.41) is 7.47. The van der Waals surface area contributed by atoms with Crippen LogP contribution < -0.4 is 5.32 Å². The molecule has 1 atom stereocenters. The van der Waals surface area contributed by atoms with Gasteiger partial charge in [0, 0.05) is 31.6 Å². The predicted octanol–water partition coefficient (Wildman–Crippen LogP) is 0.981. The predicted molar refractivity (Wildman–Crippen MR) is 67.8 cm³/mol. The van der Waals surface area contributed by atoms with E-state index < -0.39 is 0 Å². The third-order valence-corrected chi connectivity index (χ3v) is 2.81. The van der Waals surface area contributed by atoms with Crippen molar-refractivity contribution in [2.24, 2.45) is 0 Å². The maximum Gasteiger partial charge on any atom is 0.138 e. The molecule has 2 aromatic rings. The number of hydrogen-bond donors (Lipinski definition) is 1. The molecule has 0 saturated heterocycles. The van der Waals surface area contributed by atoms with Gasteiger partial charge in [-0.1, -0.05) is 6.92 Å². The summed E-state index contributed by atoms with van der Waals surface area (Å²) in [6.45, 7) is 3.02. The monoisotopic (exact) mass is 246 g/mol. The Morgan fingerprint density at radius 3 is 2.89 bits per heavy atom. The standard InChI is InChI=1S/C12H18N6/c1-3-6-18-12(16-9-17-18)7-10(13-2)11-8-14-4-5-15-11/h4-5,8-10,13H,3,6-7H2,1-2H3. The van der Waals surface area contributed by atoms with Crippen LogP contribution in [-0.4, -0.2) is 31.8 Å². The topological polar surface area (TPSA) is 68.5 Å². The van der Waals surface area contributed by atoms with Gasteiger partial charge in [0.1, 0.15) is 12.2 Å². The van der Waals surface area contributed by atoms with Crippen LogP contribution in [0.3, 0.4) is 0 Å². The van der Waals surface area contributed by atoms with Gasteiger partial charge in [0.15, 0.2) is 0 Å². The summed E-state index contributed by atoms with van der Waals surface area (Å²) >= 11 is 0. The third-order valence-electron chi connectivity index (χ3n) is 2.81. The van der Waals surface area contributed by atoms with Crippen LogP contribution in [-0.2, 0) is 13.0 Å². The third kappa shape index (κ3) is 2.89. The van der Waals surface area contributed by atoms with E-state index in [0.717, 1.165) is 30.9 Å². The molecule has 2 heterocycles. The highest BCUT2D eigenvalue weighted by atomic mass is 15.3. The molecule has 0 aromatic carbocycles. The summed E-state index contributed by atoms with van der Waals surface area (Å²) in [5.74, 6) is 0.974. The van der Waals surface area contributed by atoms with Crippen LogP contribution in [0.1, 0.15) is 30.9 Å². The van der Waals surface area contributed by atoms with Crippen molar-refractivity contribution in [2.45, 2.75) is 32.4 Å². The highest BCUT2D eigenvalue weighted by Gasteiger charge is 2.15. The van der Waals surface area contributed by atoms with Gasteiger partial charge in [-0.3, -0.25) is 14.6 Å². The highest BCUT2D eigenvalue weighted by Crippen LogP contribution is 2.13. The zero-order valence-electron chi connectivity index (χ0n) is 10.7. The van der Waals surface area contributed by atoms with Crippen molar-refractivity contribution in [1.82, 2.24) is 30.0 Å². The van der Waals surface area contributed by atoms with Crippen molar-refractivity contribution in [1.29, 1.82) is 0 Å². The first kappa shape index (κ1) is 12.6. The van der Waals surface area contributed by atoms with Gasteiger partial charge in [0.25, 0.3) is 0 Å². The van der Waals surface area contributed by atoms with Gasteiger partial charge < -0.3 is 5.32 Å². The molecule has 0 spiro atoms. The zero-order chi connectivity index (χ0) is 12.8. The number of rotatable bonds is 6. The zero-order valence-corrected chi connectivity index (χ0v) is 10.7. The summed E-state index contributed by atoms with van der Waals surface area (Å²) in [6.07, 6.45) is 8.57. The van der Waals surface area contributed by atoms with Crippen LogP contribution in [0, 0.1) is 0 Å². The van der Waals surface area contributed by atoms with E-state index in [0.29, 0.717) is 0 Å². The van der Waals surface area contributed by atoms with Crippen molar-refractivity contribution in [3.63, 3.8) is 0 Å². The quantitative estimate of drug-likeness (QED) is 0.823. The fraction of sp³-hybridized carbons (Fsp3) is 0.500. The molecule has 0 saturated carbocycles. The van der Waals surface area contributed by atoms with E-state index in [-0.39, 0.29) is 6.04 Å². The molecule has 1 unspecified atom stereocenters. The lowest BCUT2D eigenvalue weighted by molar-refractivity contribution is 0.509. The number of aryl methyl sites for hydroxylation is 1. The van der Waals surface area contributed by atoms with Gasteiger partial charge in [-0.25, -0.2) is 4.98 Å². The molecule has 0 aliphatic heterocycles. The lowest BCUT2D eigenvalue weighted by atomic mass is 10.1. The van der Waals surface area contributed by atoms with Gasteiger partial charge >= 0.3 is 0 Å². The normalized spacial score (nSPS) is 12.6. The molecule has 1 N–H and O–H groups in total. The van der Waals surface area contributed by atoms with Gasteiger partial charge in [-0.15, -0.1) is 0 Å². The van der Waals surface area contributed by atoms with Crippen molar-refractivity contribution >= 4 is 0 Å². The minimum Gasteiger partial charge on any atom is -0.311 e. The molecule has 0 aliphatic carbocycles. The van der Waals surface area contributed by atoms with Crippen LogP contribution in [0.4, 0.5) is 0 Å². The first-order valence-electron chi connectivity index (χ1n) is 6.15. The second-order valence-electron chi connectivity index (χ2n) is 4.08. The first-order chi connectivity index (χ1) is 8.85. The molecule has 18 heavy (non-hydrogen) atoms. The summed E-state index contributed by atoms with van der Waals surface area (Å²) in [7, 11) is 1.92. The Morgan fingerprint density at radius 1 is 1.33 bits per heavy atom. The maximum absolute atomic E-state index is 4.32. The molecular weight excluding hydrogens is 228 g/mol. The van der Waals surface area contributed by atoms with Crippen molar-refractivity contribution < 1.29 is 0 Å². The SMILES string of the molecule is CCCn1ncnc1CC(NC)c1cnccn1. The number of likely N-dealkylation sites (N-methyl/N-ethyl adjacent to an activating group) is 1. The second-order valence-corrected chi connectivity index (χ2v) is 4.08. The molecule has 0 amide bonds. The summed E-state index contributed by atoms with van der Waals surface area (Å²) in [5.41, 5.74) is 0.922. The molecular formula is C12H18N6. The molecule has 6 heteroatoms. The molecule has 0 radical (unpaired) electrons. The fourth-order valence-corrected chi connectivity index (χ4v) is 1.87. The summed E-state index contributed by atoms with van der Waals surface area (Å²) < 4.78 is 1.95. The minimum atomic E-state index is 0.110. The highest BCUT2D eigenvalue weighted by molar-refractivity contribution is 5.05. The Balaban J connectivity index is 2.13. The van der Waals surface area contributed by atoms with E-state index in [1.165, 1.54) is 0 Å². The van der Waals surface area contributed by atoms with Crippen LogP contribution in [0.25, 0.3) is 0 Å². The van der Waals surface area contributed by atoms with Crippen molar-refractivity contribution in [2.75, 3.05) is 7.05 Å². The van der Waals surface area contributed by atoms with Gasteiger partial charge in [0.2, 0.25) is 0 Å². The largest absolute Gasteiger partial charge is 0.311 e. The molecule has 2 rings (SSSR count). The average molecular weight is 246 g/mol. The maximum atomic E-state index is 4.32. The lowest BCUT2D eigenvalue weighted by Crippen LogP contribution is -2.22. The van der Waals surface area contributed by atoms with E-state index in [2.05, 4.69) is 32.3 Å². The number of nitrogens with zero attached hydrogens (tertiary/aromatic N) is 5. The Bertz CT molecular complexity index is 466. The summed E-state index contributed by atoms with van der Waals surface area (Å²) in [4.78, 5) is 12.7. The Kier molecular flexibility index (Phi) is 4.35. The van der Waals surface area contributed by atoms with E-state index >= 15 is 0 Å². The first-order valence-corrected chi connectivity index (χ1v) is 6.15. The van der Waals surface area contributed by atoms with Crippen LogP contribution in [0.5, 0.6) is 0 Å². The van der Waals surface area contributed by atoms with Crippen LogP contribution in [0.15, 0.2) is 24.9 Å². The number of aromatic nitrogens is 5.